The number of hydrogen-bond donors (Lipinski definition) is 2. The molecule has 7 heteroatoms. The molecule has 144 valence electrons. The Morgan fingerprint density at radius 1 is 0.893 bits per heavy atom. The van der Waals surface area contributed by atoms with Gasteiger partial charge in [-0.1, -0.05) is 12.1 Å². The van der Waals surface area contributed by atoms with Crippen LogP contribution >= 0.6 is 0 Å². The first kappa shape index (κ1) is 20.4. The highest BCUT2D eigenvalue weighted by atomic mass is 16.5. The molecule has 0 unspecified atom stereocenters. The molecule has 28 heavy (non-hydrogen) atoms. The van der Waals surface area contributed by atoms with E-state index in [1.807, 2.05) is 0 Å². The van der Waals surface area contributed by atoms with E-state index in [0.29, 0.717) is 22.7 Å². The number of carboxylic acids is 1. The van der Waals surface area contributed by atoms with Gasteiger partial charge in [0.2, 0.25) is 5.91 Å². The Morgan fingerprint density at radius 3 is 2.18 bits per heavy atom. The summed E-state index contributed by atoms with van der Waals surface area (Å²) in [6.07, 6.45) is 4.75. The van der Waals surface area contributed by atoms with Gasteiger partial charge < -0.3 is 19.9 Å². The molecule has 1 amide bonds. The van der Waals surface area contributed by atoms with Gasteiger partial charge in [-0.15, -0.1) is 0 Å². The van der Waals surface area contributed by atoms with E-state index in [9.17, 15) is 14.4 Å². The summed E-state index contributed by atoms with van der Waals surface area (Å²) in [5, 5.41) is 11.0. The number of ketones is 1. The smallest absolute Gasteiger partial charge is 0.328 e. The fraction of sp³-hybridized carbons (Fsp3) is 0.0952. The molecule has 7 nitrogen and oxygen atoms in total. The standard InChI is InChI=1S/C21H19NO6/c1-27-18-10-4-14(13-19(18)28-2)3-9-17(23)15-5-7-16(8-6-15)22-20(24)11-12-21(25)26/h3-13H,1-2H3,(H,22,24)(H,25,26)/b9-3+,12-11-. The SMILES string of the molecule is COc1ccc(/C=C/C(=O)c2ccc(NC(=O)/C=C\C(=O)O)cc2)cc1OC. The Hall–Kier alpha value is -3.87. The zero-order valence-corrected chi connectivity index (χ0v) is 15.3. The van der Waals surface area contributed by atoms with Crippen LogP contribution in [0.25, 0.3) is 6.08 Å². The number of aliphatic carboxylic acids is 1. The second kappa shape index (κ2) is 9.72. The normalized spacial score (nSPS) is 10.8. The van der Waals surface area contributed by atoms with Crippen molar-refractivity contribution in [3.63, 3.8) is 0 Å². The highest BCUT2D eigenvalue weighted by Crippen LogP contribution is 2.28. The first-order valence-corrected chi connectivity index (χ1v) is 8.19. The maximum absolute atomic E-state index is 12.3. The summed E-state index contributed by atoms with van der Waals surface area (Å²) in [5.41, 5.74) is 1.66. The molecule has 0 saturated heterocycles. The number of carbonyl (C=O) groups is 3. The lowest BCUT2D eigenvalue weighted by atomic mass is 10.1. The Labute approximate surface area is 161 Å². The van der Waals surface area contributed by atoms with Gasteiger partial charge in [0.05, 0.1) is 14.2 Å². The van der Waals surface area contributed by atoms with Crippen LogP contribution in [0, 0.1) is 0 Å². The van der Waals surface area contributed by atoms with Crippen LogP contribution in [0.5, 0.6) is 11.5 Å². The minimum atomic E-state index is -1.21. The zero-order chi connectivity index (χ0) is 20.5. The molecule has 2 rings (SSSR count). The number of allylic oxidation sites excluding steroid dienone is 1. The molecule has 0 atom stereocenters. The first-order chi connectivity index (χ1) is 13.4. The topological polar surface area (TPSA) is 102 Å². The molecule has 0 spiro atoms. The third-order valence-corrected chi connectivity index (χ3v) is 3.65. The average molecular weight is 381 g/mol. The molecule has 0 aliphatic rings. The maximum atomic E-state index is 12.3. The van der Waals surface area contributed by atoms with Crippen molar-refractivity contribution in [3.05, 3.63) is 71.8 Å². The van der Waals surface area contributed by atoms with Gasteiger partial charge in [0.25, 0.3) is 0 Å². The van der Waals surface area contributed by atoms with Crippen molar-refractivity contribution in [3.8, 4) is 11.5 Å². The largest absolute Gasteiger partial charge is 0.493 e. The van der Waals surface area contributed by atoms with Crippen molar-refractivity contribution in [2.45, 2.75) is 0 Å². The lowest BCUT2D eigenvalue weighted by Gasteiger charge is -2.07. The van der Waals surface area contributed by atoms with Gasteiger partial charge >= 0.3 is 5.97 Å². The number of amides is 1. The van der Waals surface area contributed by atoms with Crippen LogP contribution < -0.4 is 14.8 Å². The van der Waals surface area contributed by atoms with Crippen LogP contribution in [0.1, 0.15) is 15.9 Å². The minimum Gasteiger partial charge on any atom is -0.493 e. The van der Waals surface area contributed by atoms with Gasteiger partial charge in [-0.3, -0.25) is 9.59 Å². The maximum Gasteiger partial charge on any atom is 0.328 e. The van der Waals surface area contributed by atoms with Crippen molar-refractivity contribution < 1.29 is 29.0 Å². The second-order valence-electron chi connectivity index (χ2n) is 5.55. The Kier molecular flexibility index (Phi) is 7.10. The number of rotatable bonds is 8. The van der Waals surface area contributed by atoms with E-state index in [1.165, 1.54) is 13.2 Å². The quantitative estimate of drug-likeness (QED) is 0.538. The molecule has 2 aromatic carbocycles. The Balaban J connectivity index is 2.04. The second-order valence-corrected chi connectivity index (χ2v) is 5.55. The van der Waals surface area contributed by atoms with Gasteiger partial charge in [0.1, 0.15) is 0 Å². The lowest BCUT2D eigenvalue weighted by molar-refractivity contribution is -0.131. The van der Waals surface area contributed by atoms with E-state index in [4.69, 9.17) is 14.6 Å². The number of anilines is 1. The summed E-state index contributed by atoms with van der Waals surface area (Å²) in [6.45, 7) is 0. The molecular weight excluding hydrogens is 362 g/mol. The fourth-order valence-corrected chi connectivity index (χ4v) is 2.27. The summed E-state index contributed by atoms with van der Waals surface area (Å²) >= 11 is 0. The molecular formula is C21H19NO6. The molecule has 0 bridgehead atoms. The van der Waals surface area contributed by atoms with E-state index >= 15 is 0 Å². The number of hydrogen-bond acceptors (Lipinski definition) is 5. The third-order valence-electron chi connectivity index (χ3n) is 3.65. The van der Waals surface area contributed by atoms with Gasteiger partial charge in [-0.2, -0.15) is 0 Å². The summed E-state index contributed by atoms with van der Waals surface area (Å²) in [7, 11) is 3.08. The monoisotopic (exact) mass is 381 g/mol. The fourth-order valence-electron chi connectivity index (χ4n) is 2.27. The predicted molar refractivity (Wildman–Crippen MR) is 105 cm³/mol. The van der Waals surface area contributed by atoms with E-state index in [1.54, 1.807) is 55.7 Å². The number of carboxylic acid groups (broad SMARTS) is 1. The van der Waals surface area contributed by atoms with Crippen LogP contribution in [-0.4, -0.2) is 37.0 Å². The summed E-state index contributed by atoms with van der Waals surface area (Å²) in [6, 6.07) is 11.6. The number of nitrogens with one attached hydrogen (secondary N) is 1. The van der Waals surface area contributed by atoms with Crippen LogP contribution in [-0.2, 0) is 9.59 Å². The molecule has 0 saturated carbocycles. The summed E-state index contributed by atoms with van der Waals surface area (Å²) < 4.78 is 10.4. The number of ether oxygens (including phenoxy) is 2. The Morgan fingerprint density at radius 2 is 1.57 bits per heavy atom. The molecule has 0 fully saturated rings. The van der Waals surface area contributed by atoms with Crippen molar-refractivity contribution in [2.75, 3.05) is 19.5 Å². The Bertz CT molecular complexity index is 928. The van der Waals surface area contributed by atoms with E-state index < -0.39 is 11.9 Å². The predicted octanol–water partition coefficient (Wildman–Crippen LogP) is 3.18. The molecule has 2 N–H and O–H groups in total. The van der Waals surface area contributed by atoms with Crippen molar-refractivity contribution >= 4 is 29.4 Å². The zero-order valence-electron chi connectivity index (χ0n) is 15.3. The van der Waals surface area contributed by atoms with E-state index in [-0.39, 0.29) is 5.78 Å². The minimum absolute atomic E-state index is 0.210. The summed E-state index contributed by atoms with van der Waals surface area (Å²) in [4.78, 5) is 34.2. The summed E-state index contributed by atoms with van der Waals surface area (Å²) in [5.74, 6) is -0.832. The molecule has 0 aliphatic carbocycles. The van der Waals surface area contributed by atoms with Crippen LogP contribution in [0.4, 0.5) is 5.69 Å². The first-order valence-electron chi connectivity index (χ1n) is 8.19. The molecule has 0 radical (unpaired) electrons. The van der Waals surface area contributed by atoms with Crippen molar-refractivity contribution in [1.29, 1.82) is 0 Å². The third kappa shape index (κ3) is 5.84. The van der Waals surface area contributed by atoms with E-state index in [0.717, 1.165) is 17.7 Å². The highest BCUT2D eigenvalue weighted by Gasteiger charge is 2.05. The van der Waals surface area contributed by atoms with Gasteiger partial charge in [-0.05, 0) is 48.0 Å². The van der Waals surface area contributed by atoms with Gasteiger partial charge in [-0.25, -0.2) is 4.79 Å². The van der Waals surface area contributed by atoms with Crippen molar-refractivity contribution in [1.82, 2.24) is 0 Å². The highest BCUT2D eigenvalue weighted by molar-refractivity contribution is 6.07. The number of methoxy groups -OCH3 is 2. The van der Waals surface area contributed by atoms with Gasteiger partial charge in [0, 0.05) is 23.4 Å². The molecule has 0 heterocycles. The van der Waals surface area contributed by atoms with Crippen LogP contribution in [0.15, 0.2) is 60.7 Å². The molecule has 2 aromatic rings. The lowest BCUT2D eigenvalue weighted by Crippen LogP contribution is -2.08. The molecule has 0 aliphatic heterocycles. The molecule has 0 aromatic heterocycles. The number of carbonyl (C=O) groups excluding carboxylic acids is 2. The van der Waals surface area contributed by atoms with Crippen LogP contribution in [0.2, 0.25) is 0 Å². The number of benzene rings is 2. The average Bonchev–Trinajstić information content (AvgIpc) is 2.70. The van der Waals surface area contributed by atoms with Crippen LogP contribution in [0.3, 0.4) is 0 Å². The van der Waals surface area contributed by atoms with Gasteiger partial charge in [0.15, 0.2) is 17.3 Å². The van der Waals surface area contributed by atoms with Crippen molar-refractivity contribution in [2.24, 2.45) is 0 Å². The van der Waals surface area contributed by atoms with E-state index in [2.05, 4.69) is 5.32 Å².